The van der Waals surface area contributed by atoms with Crippen molar-refractivity contribution in [3.63, 3.8) is 0 Å². The predicted molar refractivity (Wildman–Crippen MR) is 68.1 cm³/mol. The first-order valence-corrected chi connectivity index (χ1v) is 5.49. The molecule has 0 atom stereocenters. The van der Waals surface area contributed by atoms with E-state index in [1.165, 1.54) is 6.33 Å². The number of rotatable bonds is 3. The molecule has 0 saturated heterocycles. The summed E-state index contributed by atoms with van der Waals surface area (Å²) in [6.07, 6.45) is 1.94. The molecule has 0 amide bonds. The lowest BCUT2D eigenvalue weighted by molar-refractivity contribution is 0.112. The fourth-order valence-electron chi connectivity index (χ4n) is 1.37. The van der Waals surface area contributed by atoms with Gasteiger partial charge in [-0.05, 0) is 24.6 Å². The van der Waals surface area contributed by atoms with Crippen molar-refractivity contribution in [2.24, 2.45) is 0 Å². The Morgan fingerprint density at radius 1 is 1.39 bits per heavy atom. The molecule has 0 aliphatic carbocycles. The smallest absolute Gasteiger partial charge is 0.247 e. The molecule has 1 heterocycles. The van der Waals surface area contributed by atoms with Crippen LogP contribution in [-0.2, 0) is 0 Å². The highest BCUT2D eigenvalue weighted by molar-refractivity contribution is 6.32. The molecule has 5 nitrogen and oxygen atoms in total. The minimum Gasteiger partial charge on any atom is -0.436 e. The predicted octanol–water partition coefficient (Wildman–Crippen LogP) is 2.63. The molecule has 0 fully saturated rings. The number of anilines is 1. The number of aromatic nitrogens is 2. The van der Waals surface area contributed by atoms with E-state index in [2.05, 4.69) is 9.97 Å². The molecule has 6 heteroatoms. The van der Waals surface area contributed by atoms with Gasteiger partial charge in [0.1, 0.15) is 17.8 Å². The van der Waals surface area contributed by atoms with Crippen LogP contribution in [0.5, 0.6) is 11.6 Å². The maximum Gasteiger partial charge on any atom is 0.247 e. The third kappa shape index (κ3) is 2.41. The normalized spacial score (nSPS) is 10.1. The van der Waals surface area contributed by atoms with Crippen LogP contribution in [0.15, 0.2) is 24.5 Å². The summed E-state index contributed by atoms with van der Waals surface area (Å²) in [5, 5.41) is 0.111. The van der Waals surface area contributed by atoms with E-state index in [4.69, 9.17) is 22.1 Å². The number of hydrogen-bond donors (Lipinski definition) is 1. The van der Waals surface area contributed by atoms with Gasteiger partial charge in [0.25, 0.3) is 0 Å². The highest BCUT2D eigenvalue weighted by Gasteiger charge is 2.11. The molecule has 1 aromatic heterocycles. The molecule has 0 unspecified atom stereocenters. The van der Waals surface area contributed by atoms with Crippen LogP contribution in [0.1, 0.15) is 15.9 Å². The van der Waals surface area contributed by atoms with E-state index in [-0.39, 0.29) is 16.7 Å². The van der Waals surface area contributed by atoms with Crippen molar-refractivity contribution in [1.29, 1.82) is 0 Å². The maximum atomic E-state index is 10.9. The van der Waals surface area contributed by atoms with E-state index in [0.717, 1.165) is 5.56 Å². The van der Waals surface area contributed by atoms with Gasteiger partial charge in [-0.2, -0.15) is 4.98 Å². The standard InChI is InChI=1S/C12H10ClN3O2/c1-7-2-3-8(5-17)9(4-7)18-12-10(14)11(13)15-6-16-12/h2-6H,14H2,1H3. The first-order chi connectivity index (χ1) is 8.61. The Hall–Kier alpha value is -2.14. The van der Waals surface area contributed by atoms with Crippen LogP contribution in [-0.4, -0.2) is 16.3 Å². The number of carbonyl (C=O) groups is 1. The quantitative estimate of drug-likeness (QED) is 0.680. The SMILES string of the molecule is Cc1ccc(C=O)c(Oc2ncnc(Cl)c2N)c1. The number of aryl methyl sites for hydroxylation is 1. The van der Waals surface area contributed by atoms with Gasteiger partial charge in [-0.1, -0.05) is 17.7 Å². The van der Waals surface area contributed by atoms with E-state index in [9.17, 15) is 4.79 Å². The van der Waals surface area contributed by atoms with Crippen LogP contribution in [0.25, 0.3) is 0 Å². The number of nitrogens with two attached hydrogens (primary N) is 1. The van der Waals surface area contributed by atoms with Crippen LogP contribution in [0.3, 0.4) is 0 Å². The molecule has 0 radical (unpaired) electrons. The summed E-state index contributed by atoms with van der Waals surface area (Å²) in [7, 11) is 0. The summed E-state index contributed by atoms with van der Waals surface area (Å²) in [4.78, 5) is 18.5. The molecule has 0 spiro atoms. The Morgan fingerprint density at radius 3 is 2.89 bits per heavy atom. The molecule has 1 aromatic carbocycles. The maximum absolute atomic E-state index is 10.9. The second kappa shape index (κ2) is 5.01. The molecule has 0 aliphatic heterocycles. The van der Waals surface area contributed by atoms with Crippen LogP contribution >= 0.6 is 11.6 Å². The first kappa shape index (κ1) is 12.3. The van der Waals surface area contributed by atoms with Crippen molar-refractivity contribution >= 4 is 23.6 Å². The molecule has 2 N–H and O–H groups in total. The Labute approximate surface area is 109 Å². The zero-order chi connectivity index (χ0) is 13.1. The third-order valence-electron chi connectivity index (χ3n) is 2.30. The van der Waals surface area contributed by atoms with Crippen molar-refractivity contribution < 1.29 is 9.53 Å². The largest absolute Gasteiger partial charge is 0.436 e. The molecule has 0 aliphatic rings. The van der Waals surface area contributed by atoms with Crippen LogP contribution in [0, 0.1) is 6.92 Å². The van der Waals surface area contributed by atoms with Gasteiger partial charge < -0.3 is 10.5 Å². The Balaban J connectivity index is 2.42. The van der Waals surface area contributed by atoms with Crippen LogP contribution in [0.4, 0.5) is 5.69 Å². The molecule has 0 saturated carbocycles. The number of hydrogen-bond acceptors (Lipinski definition) is 5. The first-order valence-electron chi connectivity index (χ1n) is 5.11. The second-order valence-electron chi connectivity index (χ2n) is 3.64. The van der Waals surface area contributed by atoms with Gasteiger partial charge in [0.15, 0.2) is 11.4 Å². The summed E-state index contributed by atoms with van der Waals surface area (Å²) in [6.45, 7) is 1.89. The average Bonchev–Trinajstić information content (AvgIpc) is 2.35. The number of nitrogen functional groups attached to an aromatic ring is 1. The lowest BCUT2D eigenvalue weighted by Crippen LogP contribution is -1.99. The zero-order valence-corrected chi connectivity index (χ0v) is 10.3. The molecular weight excluding hydrogens is 254 g/mol. The summed E-state index contributed by atoms with van der Waals surface area (Å²) in [5.74, 6) is 0.509. The second-order valence-corrected chi connectivity index (χ2v) is 4.00. The minimum absolute atomic E-state index is 0.111. The third-order valence-corrected chi connectivity index (χ3v) is 2.60. The van der Waals surface area contributed by atoms with Crippen molar-refractivity contribution in [2.75, 3.05) is 5.73 Å². The highest BCUT2D eigenvalue weighted by Crippen LogP contribution is 2.30. The highest BCUT2D eigenvalue weighted by atomic mass is 35.5. The number of halogens is 1. The molecular formula is C12H10ClN3O2. The van der Waals surface area contributed by atoms with E-state index >= 15 is 0 Å². The Bertz CT molecular complexity index is 602. The van der Waals surface area contributed by atoms with E-state index in [0.29, 0.717) is 17.6 Å². The number of carbonyl (C=O) groups excluding carboxylic acids is 1. The Kier molecular flexibility index (Phi) is 3.43. The molecule has 92 valence electrons. The van der Waals surface area contributed by atoms with Gasteiger partial charge >= 0.3 is 0 Å². The summed E-state index contributed by atoms with van der Waals surface area (Å²) < 4.78 is 5.50. The van der Waals surface area contributed by atoms with Gasteiger partial charge in [-0.15, -0.1) is 0 Å². The molecule has 0 bridgehead atoms. The lowest BCUT2D eigenvalue weighted by Gasteiger charge is -2.09. The summed E-state index contributed by atoms with van der Waals surface area (Å²) in [6, 6.07) is 5.20. The fraction of sp³-hybridized carbons (Fsp3) is 0.0833. The fourth-order valence-corrected chi connectivity index (χ4v) is 1.50. The van der Waals surface area contributed by atoms with E-state index in [1.54, 1.807) is 12.1 Å². The molecule has 18 heavy (non-hydrogen) atoms. The van der Waals surface area contributed by atoms with Crippen LogP contribution in [0.2, 0.25) is 5.15 Å². The van der Waals surface area contributed by atoms with Crippen molar-refractivity contribution in [1.82, 2.24) is 9.97 Å². The number of nitrogens with zero attached hydrogens (tertiary/aromatic N) is 2. The number of ether oxygens (including phenoxy) is 1. The van der Waals surface area contributed by atoms with Gasteiger partial charge in [-0.25, -0.2) is 4.98 Å². The number of benzene rings is 1. The van der Waals surface area contributed by atoms with E-state index < -0.39 is 0 Å². The van der Waals surface area contributed by atoms with Crippen molar-refractivity contribution in [3.8, 4) is 11.6 Å². The van der Waals surface area contributed by atoms with Gasteiger partial charge in [0, 0.05) is 0 Å². The van der Waals surface area contributed by atoms with Crippen molar-refractivity contribution in [2.45, 2.75) is 6.92 Å². The summed E-state index contributed by atoms with van der Waals surface area (Å²) in [5.41, 5.74) is 7.19. The van der Waals surface area contributed by atoms with Crippen LogP contribution < -0.4 is 10.5 Å². The monoisotopic (exact) mass is 263 g/mol. The van der Waals surface area contributed by atoms with E-state index in [1.807, 2.05) is 13.0 Å². The zero-order valence-electron chi connectivity index (χ0n) is 9.55. The summed E-state index contributed by atoms with van der Waals surface area (Å²) >= 11 is 5.76. The van der Waals surface area contributed by atoms with Gasteiger partial charge in [-0.3, -0.25) is 4.79 Å². The minimum atomic E-state index is 0.111. The number of aldehydes is 1. The van der Waals surface area contributed by atoms with Gasteiger partial charge in [0.05, 0.1) is 5.56 Å². The van der Waals surface area contributed by atoms with Gasteiger partial charge in [0.2, 0.25) is 5.88 Å². The van der Waals surface area contributed by atoms with Crippen molar-refractivity contribution in [3.05, 3.63) is 40.8 Å². The Morgan fingerprint density at radius 2 is 2.17 bits per heavy atom. The lowest BCUT2D eigenvalue weighted by atomic mass is 10.1. The molecule has 2 aromatic rings. The average molecular weight is 264 g/mol. The molecule has 2 rings (SSSR count). The topological polar surface area (TPSA) is 78.1 Å².